The van der Waals surface area contributed by atoms with Crippen LogP contribution in [0.3, 0.4) is 0 Å². The van der Waals surface area contributed by atoms with Gasteiger partial charge in [-0.15, -0.1) is 0 Å². The Hall–Kier alpha value is -1.30. The highest BCUT2D eigenvalue weighted by atomic mass is 14.2. The van der Waals surface area contributed by atoms with Crippen LogP contribution in [0.25, 0.3) is 5.57 Å². The quantitative estimate of drug-likeness (QED) is 0.353. The fourth-order valence-corrected chi connectivity index (χ4v) is 2.69. The first kappa shape index (κ1) is 18.7. The van der Waals surface area contributed by atoms with Crippen LogP contribution in [-0.2, 0) is 5.41 Å². The molecule has 0 N–H and O–H groups in total. The molecule has 22 heavy (non-hydrogen) atoms. The van der Waals surface area contributed by atoms with Gasteiger partial charge >= 0.3 is 0 Å². The van der Waals surface area contributed by atoms with E-state index in [4.69, 9.17) is 0 Å². The highest BCUT2D eigenvalue weighted by Crippen LogP contribution is 2.27. The van der Waals surface area contributed by atoms with Crippen molar-refractivity contribution in [1.82, 2.24) is 0 Å². The van der Waals surface area contributed by atoms with E-state index in [0.29, 0.717) is 5.92 Å². The molecule has 1 aromatic carbocycles. The SMILES string of the molecule is C=C(CCCCC(C)C(=C)CC)c1cccc(C(C)(C)C)c1. The van der Waals surface area contributed by atoms with Crippen molar-refractivity contribution >= 4 is 5.57 Å². The summed E-state index contributed by atoms with van der Waals surface area (Å²) in [5.41, 5.74) is 5.55. The average Bonchev–Trinajstić information content (AvgIpc) is 2.49. The highest BCUT2D eigenvalue weighted by molar-refractivity contribution is 5.64. The van der Waals surface area contributed by atoms with E-state index in [1.807, 2.05) is 0 Å². The van der Waals surface area contributed by atoms with Gasteiger partial charge in [0.15, 0.2) is 0 Å². The lowest BCUT2D eigenvalue weighted by Crippen LogP contribution is -2.11. The Kier molecular flexibility index (Phi) is 7.13. The third-order valence-electron chi connectivity index (χ3n) is 4.65. The van der Waals surface area contributed by atoms with Crippen LogP contribution in [0.1, 0.15) is 77.8 Å². The predicted molar refractivity (Wildman–Crippen MR) is 101 cm³/mol. The zero-order chi connectivity index (χ0) is 16.8. The zero-order valence-electron chi connectivity index (χ0n) is 15.3. The Labute approximate surface area is 138 Å². The molecule has 1 unspecified atom stereocenters. The van der Waals surface area contributed by atoms with Crippen LogP contribution in [-0.4, -0.2) is 0 Å². The zero-order valence-corrected chi connectivity index (χ0v) is 15.3. The molecule has 0 aliphatic carbocycles. The number of rotatable bonds is 8. The number of unbranched alkanes of at least 4 members (excludes halogenated alkanes) is 1. The lowest BCUT2D eigenvalue weighted by molar-refractivity contribution is 0.553. The van der Waals surface area contributed by atoms with Crippen LogP contribution in [0.15, 0.2) is 43.0 Å². The van der Waals surface area contributed by atoms with E-state index in [1.54, 1.807) is 0 Å². The van der Waals surface area contributed by atoms with E-state index in [-0.39, 0.29) is 5.41 Å². The fraction of sp³-hybridized carbons (Fsp3) is 0.545. The molecular weight excluding hydrogens is 264 g/mol. The third kappa shape index (κ3) is 5.83. The Bertz CT molecular complexity index is 499. The monoisotopic (exact) mass is 298 g/mol. The van der Waals surface area contributed by atoms with Crippen LogP contribution in [0.4, 0.5) is 0 Å². The van der Waals surface area contributed by atoms with Gasteiger partial charge in [0.1, 0.15) is 0 Å². The van der Waals surface area contributed by atoms with Gasteiger partial charge in [-0.1, -0.05) is 84.0 Å². The van der Waals surface area contributed by atoms with Gasteiger partial charge in [0.05, 0.1) is 0 Å². The van der Waals surface area contributed by atoms with Crippen molar-refractivity contribution in [3.63, 3.8) is 0 Å². The molecule has 0 aliphatic rings. The standard InChI is InChI=1S/C22H34/c1-8-17(2)18(3)12-9-10-13-19(4)20-14-11-15-21(16-20)22(5,6)7/h11,14-16,18H,2,4,8-10,12-13H2,1,3,5-7H3. The molecule has 0 nitrogen and oxygen atoms in total. The van der Waals surface area contributed by atoms with Crippen molar-refractivity contribution < 1.29 is 0 Å². The second-order valence-corrected chi connectivity index (χ2v) is 7.59. The van der Waals surface area contributed by atoms with Gasteiger partial charge in [0, 0.05) is 0 Å². The summed E-state index contributed by atoms with van der Waals surface area (Å²) in [5, 5.41) is 0. The number of hydrogen-bond donors (Lipinski definition) is 0. The predicted octanol–water partition coefficient (Wildman–Crippen LogP) is 7.16. The molecule has 0 heteroatoms. The molecule has 122 valence electrons. The van der Waals surface area contributed by atoms with Crippen molar-refractivity contribution in [3.8, 4) is 0 Å². The summed E-state index contributed by atoms with van der Waals surface area (Å²) in [4.78, 5) is 0. The minimum Gasteiger partial charge on any atom is -0.0996 e. The van der Waals surface area contributed by atoms with Crippen molar-refractivity contribution in [2.45, 2.75) is 72.1 Å². The molecule has 1 rings (SSSR count). The second-order valence-electron chi connectivity index (χ2n) is 7.59. The normalized spacial score (nSPS) is 13.0. The van der Waals surface area contributed by atoms with Gasteiger partial charge in [0.25, 0.3) is 0 Å². The smallest absolute Gasteiger partial charge is 0.0132 e. The maximum absolute atomic E-state index is 4.30. The number of benzene rings is 1. The van der Waals surface area contributed by atoms with E-state index >= 15 is 0 Å². The molecule has 1 aromatic rings. The molecular formula is C22H34. The lowest BCUT2D eigenvalue weighted by Gasteiger charge is -2.20. The second kappa shape index (κ2) is 8.36. The van der Waals surface area contributed by atoms with Gasteiger partial charge in [-0.3, -0.25) is 0 Å². The molecule has 1 atom stereocenters. The molecule has 0 aromatic heterocycles. The van der Waals surface area contributed by atoms with Crippen LogP contribution in [0.5, 0.6) is 0 Å². The first-order chi connectivity index (χ1) is 10.3. The third-order valence-corrected chi connectivity index (χ3v) is 4.65. The molecule has 0 saturated heterocycles. The molecule has 0 amide bonds. The van der Waals surface area contributed by atoms with E-state index in [9.17, 15) is 0 Å². The van der Waals surface area contributed by atoms with Crippen LogP contribution < -0.4 is 0 Å². The minimum atomic E-state index is 0.201. The summed E-state index contributed by atoms with van der Waals surface area (Å²) in [7, 11) is 0. The van der Waals surface area contributed by atoms with Crippen LogP contribution >= 0.6 is 0 Å². The first-order valence-electron chi connectivity index (χ1n) is 8.72. The summed E-state index contributed by atoms with van der Waals surface area (Å²) in [5.74, 6) is 0.655. The van der Waals surface area contributed by atoms with Crippen molar-refractivity contribution in [3.05, 3.63) is 54.1 Å². The first-order valence-corrected chi connectivity index (χ1v) is 8.72. The van der Waals surface area contributed by atoms with Gasteiger partial charge < -0.3 is 0 Å². The summed E-state index contributed by atoms with van der Waals surface area (Å²) < 4.78 is 0. The molecule has 0 heterocycles. The van der Waals surface area contributed by atoms with E-state index < -0.39 is 0 Å². The Morgan fingerprint density at radius 1 is 1.14 bits per heavy atom. The lowest BCUT2D eigenvalue weighted by atomic mass is 9.85. The maximum atomic E-state index is 4.30. The van der Waals surface area contributed by atoms with Gasteiger partial charge in [-0.2, -0.15) is 0 Å². The van der Waals surface area contributed by atoms with Gasteiger partial charge in [0.2, 0.25) is 0 Å². The Morgan fingerprint density at radius 3 is 2.41 bits per heavy atom. The Balaban J connectivity index is 2.48. The van der Waals surface area contributed by atoms with Crippen molar-refractivity contribution in [2.75, 3.05) is 0 Å². The molecule has 0 saturated carbocycles. The summed E-state index contributed by atoms with van der Waals surface area (Å²) in [6.45, 7) is 19.7. The van der Waals surface area contributed by atoms with E-state index in [2.05, 4.69) is 72.0 Å². The topological polar surface area (TPSA) is 0 Å². The molecule has 0 aliphatic heterocycles. The van der Waals surface area contributed by atoms with Gasteiger partial charge in [-0.25, -0.2) is 0 Å². The maximum Gasteiger partial charge on any atom is -0.0132 e. The van der Waals surface area contributed by atoms with Crippen LogP contribution in [0, 0.1) is 5.92 Å². The number of hydrogen-bond acceptors (Lipinski definition) is 0. The summed E-state index contributed by atoms with van der Waals surface area (Å²) in [6.07, 6.45) is 5.94. The van der Waals surface area contributed by atoms with Gasteiger partial charge in [-0.05, 0) is 53.7 Å². The van der Waals surface area contributed by atoms with E-state index in [1.165, 1.54) is 41.5 Å². The molecule has 0 radical (unpaired) electrons. The minimum absolute atomic E-state index is 0.201. The summed E-state index contributed by atoms with van der Waals surface area (Å²) in [6, 6.07) is 8.88. The number of allylic oxidation sites excluding steroid dienone is 2. The molecule has 0 bridgehead atoms. The molecule has 0 fully saturated rings. The largest absolute Gasteiger partial charge is 0.0996 e. The summed E-state index contributed by atoms with van der Waals surface area (Å²) >= 11 is 0. The van der Waals surface area contributed by atoms with E-state index in [0.717, 1.165) is 12.8 Å². The highest BCUT2D eigenvalue weighted by Gasteiger charge is 2.14. The van der Waals surface area contributed by atoms with Crippen molar-refractivity contribution in [1.29, 1.82) is 0 Å². The molecule has 0 spiro atoms. The van der Waals surface area contributed by atoms with Crippen molar-refractivity contribution in [2.24, 2.45) is 5.92 Å². The van der Waals surface area contributed by atoms with Crippen LogP contribution in [0.2, 0.25) is 0 Å². The average molecular weight is 299 g/mol. The Morgan fingerprint density at radius 2 is 1.82 bits per heavy atom. The fourth-order valence-electron chi connectivity index (χ4n) is 2.69.